The van der Waals surface area contributed by atoms with E-state index in [1.807, 2.05) is 30.1 Å². The van der Waals surface area contributed by atoms with E-state index in [1.165, 1.54) is 0 Å². The quantitative estimate of drug-likeness (QED) is 0.854. The van der Waals surface area contributed by atoms with Crippen LogP contribution in [-0.2, 0) is 0 Å². The van der Waals surface area contributed by atoms with Crippen LogP contribution in [0, 0.1) is 0 Å². The van der Waals surface area contributed by atoms with Crippen LogP contribution < -0.4 is 10.5 Å². The zero-order chi connectivity index (χ0) is 11.7. The van der Waals surface area contributed by atoms with E-state index in [0.29, 0.717) is 17.5 Å². The molecular formula is C11H14ClN3O. The smallest absolute Gasteiger partial charge is 0.191 e. The van der Waals surface area contributed by atoms with Crippen LogP contribution in [0.1, 0.15) is 11.6 Å². The van der Waals surface area contributed by atoms with Gasteiger partial charge in [-0.05, 0) is 12.1 Å². The van der Waals surface area contributed by atoms with Crippen LogP contribution in [0.5, 0.6) is 5.75 Å². The lowest BCUT2D eigenvalue weighted by Gasteiger charge is -2.24. The van der Waals surface area contributed by atoms with Crippen molar-refractivity contribution in [3.63, 3.8) is 0 Å². The number of guanidine groups is 1. The van der Waals surface area contributed by atoms with Crippen molar-refractivity contribution in [2.75, 3.05) is 20.7 Å². The van der Waals surface area contributed by atoms with Gasteiger partial charge in [-0.25, -0.2) is 0 Å². The predicted molar refractivity (Wildman–Crippen MR) is 65.0 cm³/mol. The number of benzene rings is 1. The Balaban J connectivity index is 2.41. The minimum Gasteiger partial charge on any atom is -0.496 e. The van der Waals surface area contributed by atoms with Crippen molar-refractivity contribution >= 4 is 17.6 Å². The molecule has 0 fully saturated rings. The van der Waals surface area contributed by atoms with Crippen molar-refractivity contribution in [2.45, 2.75) is 6.04 Å². The Morgan fingerprint density at radius 1 is 1.56 bits per heavy atom. The molecule has 5 heteroatoms. The van der Waals surface area contributed by atoms with Gasteiger partial charge in [0.25, 0.3) is 0 Å². The molecule has 1 aliphatic rings. The van der Waals surface area contributed by atoms with Crippen LogP contribution in [-0.4, -0.2) is 31.6 Å². The summed E-state index contributed by atoms with van der Waals surface area (Å²) in [5.41, 5.74) is 6.68. The van der Waals surface area contributed by atoms with Gasteiger partial charge in [0.1, 0.15) is 5.75 Å². The monoisotopic (exact) mass is 239 g/mol. The van der Waals surface area contributed by atoms with E-state index in [2.05, 4.69) is 4.99 Å². The Morgan fingerprint density at radius 3 is 2.88 bits per heavy atom. The fourth-order valence-electron chi connectivity index (χ4n) is 1.88. The van der Waals surface area contributed by atoms with Crippen molar-refractivity contribution in [1.29, 1.82) is 0 Å². The first-order valence-electron chi connectivity index (χ1n) is 5.00. The third-order valence-electron chi connectivity index (χ3n) is 2.82. The average molecular weight is 240 g/mol. The molecule has 4 nitrogen and oxygen atoms in total. The molecule has 1 atom stereocenters. The Kier molecular flexibility index (Phi) is 2.92. The molecule has 0 amide bonds. The molecule has 16 heavy (non-hydrogen) atoms. The molecule has 0 radical (unpaired) electrons. The zero-order valence-corrected chi connectivity index (χ0v) is 10.0. The molecule has 1 aromatic carbocycles. The molecule has 1 aromatic rings. The summed E-state index contributed by atoms with van der Waals surface area (Å²) in [4.78, 5) is 6.10. The van der Waals surface area contributed by atoms with Gasteiger partial charge in [0.2, 0.25) is 0 Å². The normalized spacial score (nSPS) is 19.8. The van der Waals surface area contributed by atoms with E-state index in [1.54, 1.807) is 7.11 Å². The van der Waals surface area contributed by atoms with Crippen LogP contribution in [0.25, 0.3) is 0 Å². The molecule has 0 bridgehead atoms. The second-order valence-electron chi connectivity index (χ2n) is 3.68. The molecular weight excluding hydrogens is 226 g/mol. The maximum Gasteiger partial charge on any atom is 0.191 e. The Morgan fingerprint density at radius 2 is 2.31 bits per heavy atom. The maximum absolute atomic E-state index is 6.20. The topological polar surface area (TPSA) is 50.9 Å². The third-order valence-corrected chi connectivity index (χ3v) is 3.15. The fourth-order valence-corrected chi connectivity index (χ4v) is 2.17. The number of methoxy groups -OCH3 is 1. The molecule has 1 heterocycles. The summed E-state index contributed by atoms with van der Waals surface area (Å²) in [7, 11) is 3.54. The molecule has 0 aromatic heterocycles. The fraction of sp³-hybridized carbons (Fsp3) is 0.364. The van der Waals surface area contributed by atoms with Crippen LogP contribution in [0.15, 0.2) is 23.2 Å². The molecule has 0 aliphatic carbocycles. The van der Waals surface area contributed by atoms with Crippen molar-refractivity contribution in [1.82, 2.24) is 4.90 Å². The van der Waals surface area contributed by atoms with Crippen molar-refractivity contribution in [3.8, 4) is 5.75 Å². The zero-order valence-electron chi connectivity index (χ0n) is 9.27. The number of hydrogen-bond acceptors (Lipinski definition) is 4. The predicted octanol–water partition coefficient (Wildman–Crippen LogP) is 1.65. The lowest BCUT2D eigenvalue weighted by molar-refractivity contribution is 0.371. The van der Waals surface area contributed by atoms with Crippen LogP contribution in [0.4, 0.5) is 0 Å². The standard InChI is InChI=1S/C11H14ClN3O/c1-15-8(6-14-11(15)13)10-7(12)4-3-5-9(10)16-2/h3-5,8H,6H2,1-2H3,(H2,13,14). The third kappa shape index (κ3) is 1.69. The van der Waals surface area contributed by atoms with Gasteiger partial charge in [0, 0.05) is 17.6 Å². The highest BCUT2D eigenvalue weighted by molar-refractivity contribution is 6.31. The van der Waals surface area contributed by atoms with Crippen molar-refractivity contribution in [2.24, 2.45) is 10.7 Å². The van der Waals surface area contributed by atoms with Gasteiger partial charge in [0.05, 0.1) is 19.7 Å². The highest BCUT2D eigenvalue weighted by atomic mass is 35.5. The van der Waals surface area contributed by atoms with Crippen LogP contribution >= 0.6 is 11.6 Å². The summed E-state index contributed by atoms with van der Waals surface area (Å²) in [5.74, 6) is 1.31. The molecule has 2 N–H and O–H groups in total. The number of rotatable bonds is 2. The van der Waals surface area contributed by atoms with E-state index < -0.39 is 0 Å². The molecule has 2 rings (SSSR count). The first-order chi connectivity index (χ1) is 7.65. The van der Waals surface area contributed by atoms with E-state index in [9.17, 15) is 0 Å². The summed E-state index contributed by atoms with van der Waals surface area (Å²) in [6, 6.07) is 5.67. The number of nitrogens with two attached hydrogens (primary N) is 1. The van der Waals surface area contributed by atoms with Crippen LogP contribution in [0.2, 0.25) is 5.02 Å². The molecule has 0 saturated heterocycles. The maximum atomic E-state index is 6.20. The highest BCUT2D eigenvalue weighted by Crippen LogP contribution is 2.36. The second kappa shape index (κ2) is 4.22. The Bertz CT molecular complexity index is 433. The summed E-state index contributed by atoms with van der Waals surface area (Å²) >= 11 is 6.20. The summed E-state index contributed by atoms with van der Waals surface area (Å²) in [6.45, 7) is 0.614. The molecule has 86 valence electrons. The highest BCUT2D eigenvalue weighted by Gasteiger charge is 2.28. The van der Waals surface area contributed by atoms with Gasteiger partial charge in [-0.15, -0.1) is 0 Å². The van der Waals surface area contributed by atoms with Crippen molar-refractivity contribution in [3.05, 3.63) is 28.8 Å². The average Bonchev–Trinajstić information content (AvgIpc) is 2.60. The van der Waals surface area contributed by atoms with Crippen molar-refractivity contribution < 1.29 is 4.74 Å². The Hall–Kier alpha value is -1.42. The number of halogens is 1. The molecule has 0 saturated carbocycles. The molecule has 0 spiro atoms. The second-order valence-corrected chi connectivity index (χ2v) is 4.09. The van der Waals surface area contributed by atoms with E-state index in [4.69, 9.17) is 22.1 Å². The summed E-state index contributed by atoms with van der Waals surface area (Å²) in [5, 5.41) is 0.682. The number of aliphatic imine (C=N–C) groups is 1. The molecule has 1 aliphatic heterocycles. The number of ether oxygens (including phenoxy) is 1. The van der Waals surface area contributed by atoms with Gasteiger partial charge in [-0.2, -0.15) is 0 Å². The summed E-state index contributed by atoms with van der Waals surface area (Å²) < 4.78 is 5.32. The lowest BCUT2D eigenvalue weighted by atomic mass is 10.1. The SMILES string of the molecule is COc1cccc(Cl)c1C1CN=C(N)N1C. The molecule has 1 unspecified atom stereocenters. The van der Waals surface area contributed by atoms with Gasteiger partial charge in [0.15, 0.2) is 5.96 Å². The number of hydrogen-bond donors (Lipinski definition) is 1. The first kappa shape index (κ1) is 11.1. The van der Waals surface area contributed by atoms with E-state index >= 15 is 0 Å². The van der Waals surface area contributed by atoms with Crippen LogP contribution in [0.3, 0.4) is 0 Å². The van der Waals surface area contributed by atoms with E-state index in [-0.39, 0.29) is 6.04 Å². The Labute approximate surface area is 99.7 Å². The van der Waals surface area contributed by atoms with Gasteiger partial charge in [-0.3, -0.25) is 4.99 Å². The van der Waals surface area contributed by atoms with E-state index in [0.717, 1.165) is 11.3 Å². The van der Waals surface area contributed by atoms with Gasteiger partial charge >= 0.3 is 0 Å². The summed E-state index contributed by atoms with van der Waals surface area (Å²) in [6.07, 6.45) is 0. The first-order valence-corrected chi connectivity index (χ1v) is 5.38. The largest absolute Gasteiger partial charge is 0.496 e. The number of likely N-dealkylation sites (N-methyl/N-ethyl adjacent to an activating group) is 1. The minimum absolute atomic E-state index is 0.0589. The lowest BCUT2D eigenvalue weighted by Crippen LogP contribution is -2.32. The van der Waals surface area contributed by atoms with Gasteiger partial charge in [-0.1, -0.05) is 17.7 Å². The number of nitrogens with zero attached hydrogens (tertiary/aromatic N) is 2. The van der Waals surface area contributed by atoms with Gasteiger partial charge < -0.3 is 15.4 Å². The minimum atomic E-state index is 0.0589.